The van der Waals surface area contributed by atoms with Gasteiger partial charge in [-0.25, -0.2) is 0 Å². The number of alkyl halides is 2. The van der Waals surface area contributed by atoms with Crippen molar-refractivity contribution in [1.82, 2.24) is 0 Å². The van der Waals surface area contributed by atoms with Crippen LogP contribution in [0, 0.1) is 5.92 Å². The Labute approximate surface area is 54.8 Å². The summed E-state index contributed by atoms with van der Waals surface area (Å²) in [5.41, 5.74) is 0. The molecule has 1 unspecified atom stereocenters. The van der Waals surface area contributed by atoms with Gasteiger partial charge in [0, 0.05) is 11.3 Å². The molecule has 0 aliphatic carbocycles. The Morgan fingerprint density at radius 3 is 1.86 bits per heavy atom. The van der Waals surface area contributed by atoms with Crippen molar-refractivity contribution in [2.24, 2.45) is 5.92 Å². The largest absolute Gasteiger partial charge is 0.126 e. The highest BCUT2D eigenvalue weighted by molar-refractivity contribution is 6.22. The first-order valence-electron chi connectivity index (χ1n) is 2.38. The fourth-order valence-electron chi connectivity index (χ4n) is 0.123. The molecule has 0 spiro atoms. The third-order valence-corrected chi connectivity index (χ3v) is 1.94. The summed E-state index contributed by atoms with van der Waals surface area (Å²) < 4.78 is 0. The van der Waals surface area contributed by atoms with Gasteiger partial charge in [0.2, 0.25) is 0 Å². The van der Waals surface area contributed by atoms with E-state index in [1.54, 1.807) is 0 Å². The molecule has 0 saturated heterocycles. The van der Waals surface area contributed by atoms with Gasteiger partial charge in [-0.2, -0.15) is 0 Å². The van der Waals surface area contributed by atoms with E-state index in [1.807, 2.05) is 13.8 Å². The lowest BCUT2D eigenvalue weighted by molar-refractivity contribution is 0.642. The summed E-state index contributed by atoms with van der Waals surface area (Å²) in [6, 6.07) is 0. The quantitative estimate of drug-likeness (QED) is 0.518. The summed E-state index contributed by atoms with van der Waals surface area (Å²) in [5, 5.41) is 0.206. The molecule has 2 heteroatoms. The number of hydrogen-bond donors (Lipinski definition) is 0. The predicted molar refractivity (Wildman–Crippen MR) is 35.2 cm³/mol. The Balaban J connectivity index is 3.14. The smallest absolute Gasteiger partial charge is 0.0344 e. The van der Waals surface area contributed by atoms with Crippen molar-refractivity contribution >= 4 is 23.2 Å². The number of hydrogen-bond acceptors (Lipinski definition) is 0. The molecule has 0 aliphatic heterocycles. The monoisotopic (exact) mass is 140 g/mol. The maximum absolute atomic E-state index is 5.64. The van der Waals surface area contributed by atoms with Gasteiger partial charge in [-0.3, -0.25) is 0 Å². The van der Waals surface area contributed by atoms with Gasteiger partial charge >= 0.3 is 0 Å². The fraction of sp³-hybridized carbons (Fsp3) is 1.00. The molecule has 0 nitrogen and oxygen atoms in total. The van der Waals surface area contributed by atoms with E-state index in [1.165, 1.54) is 0 Å². The van der Waals surface area contributed by atoms with E-state index in [4.69, 9.17) is 23.2 Å². The van der Waals surface area contributed by atoms with E-state index >= 15 is 0 Å². The highest BCUT2D eigenvalue weighted by atomic mass is 35.5. The normalized spacial score (nSPS) is 18.9. The van der Waals surface area contributed by atoms with Crippen molar-refractivity contribution in [3.8, 4) is 0 Å². The standard InChI is InChI=1S/C5H10Cl2/c1-4(3-6)5(2)7/h4-5H,3H2,1-2H3/t4?,5-/m0/s1. The third-order valence-electron chi connectivity index (χ3n) is 1.03. The average Bonchev–Trinajstić information content (AvgIpc) is 1.65. The van der Waals surface area contributed by atoms with E-state index < -0.39 is 0 Å². The highest BCUT2D eigenvalue weighted by Crippen LogP contribution is 2.09. The second kappa shape index (κ2) is 3.57. The summed E-state index contributed by atoms with van der Waals surface area (Å²) in [7, 11) is 0. The molecule has 0 saturated carbocycles. The summed E-state index contributed by atoms with van der Waals surface area (Å²) in [6.45, 7) is 3.99. The van der Waals surface area contributed by atoms with Gasteiger partial charge in [-0.15, -0.1) is 23.2 Å². The predicted octanol–water partition coefficient (Wildman–Crippen LogP) is 2.49. The molecule has 2 atom stereocenters. The Morgan fingerprint density at radius 2 is 1.86 bits per heavy atom. The Kier molecular flexibility index (Phi) is 3.86. The van der Waals surface area contributed by atoms with Crippen LogP contribution >= 0.6 is 23.2 Å². The van der Waals surface area contributed by atoms with E-state index in [2.05, 4.69) is 0 Å². The van der Waals surface area contributed by atoms with E-state index in [9.17, 15) is 0 Å². The van der Waals surface area contributed by atoms with Crippen LogP contribution in [0.3, 0.4) is 0 Å². The molecular weight excluding hydrogens is 131 g/mol. The minimum atomic E-state index is 0.206. The number of rotatable bonds is 2. The molecule has 0 heterocycles. The Hall–Kier alpha value is 0.580. The zero-order valence-electron chi connectivity index (χ0n) is 4.62. The second-order valence-corrected chi connectivity index (χ2v) is 2.81. The van der Waals surface area contributed by atoms with Crippen LogP contribution < -0.4 is 0 Å². The van der Waals surface area contributed by atoms with Gasteiger partial charge < -0.3 is 0 Å². The SMILES string of the molecule is CC(CCl)[C@H](C)Cl. The van der Waals surface area contributed by atoms with Gasteiger partial charge in [0.05, 0.1) is 0 Å². The van der Waals surface area contributed by atoms with Gasteiger partial charge in [0.15, 0.2) is 0 Å². The minimum Gasteiger partial charge on any atom is -0.126 e. The molecule has 0 bridgehead atoms. The summed E-state index contributed by atoms with van der Waals surface area (Å²) >= 11 is 11.1. The van der Waals surface area contributed by atoms with Gasteiger partial charge in [-0.1, -0.05) is 6.92 Å². The van der Waals surface area contributed by atoms with Crippen LogP contribution in [0.15, 0.2) is 0 Å². The molecule has 0 N–H and O–H groups in total. The minimum absolute atomic E-state index is 0.206. The Bertz CT molecular complexity index is 43.3. The molecule has 0 aromatic carbocycles. The van der Waals surface area contributed by atoms with Crippen LogP contribution in [0.4, 0.5) is 0 Å². The first kappa shape index (κ1) is 7.58. The average molecular weight is 141 g/mol. The second-order valence-electron chi connectivity index (χ2n) is 1.81. The highest BCUT2D eigenvalue weighted by Gasteiger charge is 2.04. The molecular formula is C5H10Cl2. The van der Waals surface area contributed by atoms with Crippen LogP contribution in [-0.4, -0.2) is 11.3 Å². The molecule has 7 heavy (non-hydrogen) atoms. The zero-order valence-corrected chi connectivity index (χ0v) is 6.13. The maximum Gasteiger partial charge on any atom is 0.0344 e. The van der Waals surface area contributed by atoms with Crippen LogP contribution in [0.5, 0.6) is 0 Å². The zero-order chi connectivity index (χ0) is 5.86. The molecule has 0 aromatic rings. The van der Waals surface area contributed by atoms with E-state index in [0.29, 0.717) is 11.8 Å². The van der Waals surface area contributed by atoms with Crippen LogP contribution in [-0.2, 0) is 0 Å². The molecule has 0 aromatic heterocycles. The van der Waals surface area contributed by atoms with Gasteiger partial charge in [-0.05, 0) is 12.8 Å². The molecule has 0 rings (SSSR count). The molecule has 0 radical (unpaired) electrons. The number of halogens is 2. The van der Waals surface area contributed by atoms with Crippen LogP contribution in [0.25, 0.3) is 0 Å². The topological polar surface area (TPSA) is 0 Å². The van der Waals surface area contributed by atoms with Crippen molar-refractivity contribution in [2.75, 3.05) is 5.88 Å². The van der Waals surface area contributed by atoms with Crippen molar-refractivity contribution in [3.63, 3.8) is 0 Å². The molecule has 0 amide bonds. The van der Waals surface area contributed by atoms with Crippen molar-refractivity contribution in [1.29, 1.82) is 0 Å². The lowest BCUT2D eigenvalue weighted by Gasteiger charge is -2.06. The summed E-state index contributed by atoms with van der Waals surface area (Å²) in [4.78, 5) is 0. The summed E-state index contributed by atoms with van der Waals surface area (Å²) in [5.74, 6) is 1.09. The molecule has 0 aliphatic rings. The lowest BCUT2D eigenvalue weighted by Crippen LogP contribution is -2.07. The van der Waals surface area contributed by atoms with E-state index in [-0.39, 0.29) is 5.38 Å². The lowest BCUT2D eigenvalue weighted by atomic mass is 10.1. The fourth-order valence-corrected chi connectivity index (χ4v) is 0.570. The first-order valence-corrected chi connectivity index (χ1v) is 3.35. The van der Waals surface area contributed by atoms with Crippen LogP contribution in [0.2, 0.25) is 0 Å². The summed E-state index contributed by atoms with van der Waals surface area (Å²) in [6.07, 6.45) is 0. The first-order chi connectivity index (χ1) is 3.18. The molecule has 0 fully saturated rings. The maximum atomic E-state index is 5.64. The van der Waals surface area contributed by atoms with Gasteiger partial charge in [0.1, 0.15) is 0 Å². The van der Waals surface area contributed by atoms with Crippen molar-refractivity contribution in [2.45, 2.75) is 19.2 Å². The molecule has 44 valence electrons. The third kappa shape index (κ3) is 3.19. The van der Waals surface area contributed by atoms with E-state index in [0.717, 1.165) is 0 Å². The van der Waals surface area contributed by atoms with Crippen LogP contribution in [0.1, 0.15) is 13.8 Å². The van der Waals surface area contributed by atoms with Gasteiger partial charge in [0.25, 0.3) is 0 Å². The van der Waals surface area contributed by atoms with Crippen molar-refractivity contribution < 1.29 is 0 Å². The van der Waals surface area contributed by atoms with Crippen molar-refractivity contribution in [3.05, 3.63) is 0 Å². The Morgan fingerprint density at radius 1 is 1.43 bits per heavy atom.